The lowest BCUT2D eigenvalue weighted by Crippen LogP contribution is -2.48. The number of hydrogen-bond donors (Lipinski definition) is 2. The molecule has 0 spiro atoms. The van der Waals surface area contributed by atoms with Crippen molar-refractivity contribution in [3.05, 3.63) is 35.7 Å². The van der Waals surface area contributed by atoms with Gasteiger partial charge in [-0.1, -0.05) is 24.4 Å². The van der Waals surface area contributed by atoms with E-state index in [0.717, 1.165) is 19.3 Å². The Labute approximate surface area is 144 Å². The maximum atomic E-state index is 12.9. The molecule has 2 aromatic rings. The van der Waals surface area contributed by atoms with Crippen LogP contribution in [0.4, 0.5) is 0 Å². The number of rotatable bonds is 5. The van der Waals surface area contributed by atoms with Crippen molar-refractivity contribution in [1.29, 1.82) is 0 Å². The molecule has 2 aromatic heterocycles. The number of aromatic nitrogens is 3. The smallest absolute Gasteiger partial charge is 0.355 e. The molecule has 0 aromatic carbocycles. The first kappa shape index (κ1) is 17.5. The summed E-state index contributed by atoms with van der Waals surface area (Å²) in [5, 5.41) is 13.1. The summed E-state index contributed by atoms with van der Waals surface area (Å²) in [7, 11) is -4.15. The highest BCUT2D eigenvalue weighted by Crippen LogP contribution is 2.37. The molecule has 2 N–H and O–H groups in total. The molecule has 0 atom stereocenters. The molecule has 1 fully saturated rings. The number of nitrogens with zero attached hydrogens (tertiary/aromatic N) is 3. The number of carboxylic acid groups (broad SMARTS) is 1. The molecule has 25 heavy (non-hydrogen) atoms. The molecular formula is C15H18N4O5S. The van der Waals surface area contributed by atoms with Crippen LogP contribution in [0.5, 0.6) is 0 Å². The van der Waals surface area contributed by atoms with Crippen LogP contribution in [-0.2, 0) is 15.6 Å². The fourth-order valence-corrected chi connectivity index (χ4v) is 4.67. The molecule has 1 aliphatic carbocycles. The van der Waals surface area contributed by atoms with E-state index in [1.54, 1.807) is 6.92 Å². The Bertz CT molecular complexity index is 887. The topological polar surface area (TPSA) is 135 Å². The van der Waals surface area contributed by atoms with Crippen LogP contribution >= 0.6 is 0 Å². The van der Waals surface area contributed by atoms with Gasteiger partial charge < -0.3 is 9.63 Å². The van der Waals surface area contributed by atoms with Crippen LogP contribution < -0.4 is 4.72 Å². The molecule has 10 heteroatoms. The van der Waals surface area contributed by atoms with Crippen LogP contribution in [-0.4, -0.2) is 34.6 Å². The van der Waals surface area contributed by atoms with Crippen molar-refractivity contribution in [3.8, 4) is 0 Å². The predicted molar refractivity (Wildman–Crippen MR) is 85.3 cm³/mol. The van der Waals surface area contributed by atoms with E-state index in [2.05, 4.69) is 19.8 Å². The lowest BCUT2D eigenvalue weighted by Gasteiger charge is -2.34. The van der Waals surface area contributed by atoms with Crippen molar-refractivity contribution in [2.24, 2.45) is 0 Å². The number of nitrogens with one attached hydrogen (secondary N) is 1. The van der Waals surface area contributed by atoms with Crippen LogP contribution in [0.25, 0.3) is 0 Å². The molecule has 2 heterocycles. The molecule has 1 saturated carbocycles. The first-order valence-corrected chi connectivity index (χ1v) is 9.35. The SMILES string of the molecule is Cc1nc(C2(NS(=O)(=O)c3cccnc3C(=O)O)CCCCC2)no1. The van der Waals surface area contributed by atoms with Crippen LogP contribution in [0.15, 0.2) is 27.7 Å². The zero-order valence-electron chi connectivity index (χ0n) is 13.6. The molecule has 0 radical (unpaired) electrons. The number of aromatic carboxylic acids is 1. The second-order valence-electron chi connectivity index (χ2n) is 6.04. The van der Waals surface area contributed by atoms with Gasteiger partial charge in [0.15, 0.2) is 11.5 Å². The Morgan fingerprint density at radius 1 is 1.32 bits per heavy atom. The van der Waals surface area contributed by atoms with Gasteiger partial charge in [0.25, 0.3) is 0 Å². The zero-order valence-corrected chi connectivity index (χ0v) is 14.4. The number of carbonyl (C=O) groups is 1. The average molecular weight is 366 g/mol. The second kappa shape index (κ2) is 6.52. The van der Waals surface area contributed by atoms with Gasteiger partial charge in [-0.15, -0.1) is 0 Å². The van der Waals surface area contributed by atoms with Gasteiger partial charge in [-0.25, -0.2) is 18.2 Å². The molecule has 3 rings (SSSR count). The summed E-state index contributed by atoms with van der Waals surface area (Å²) in [4.78, 5) is 18.8. The van der Waals surface area contributed by atoms with E-state index in [9.17, 15) is 18.3 Å². The molecular weight excluding hydrogens is 348 g/mol. The van der Waals surface area contributed by atoms with Crippen molar-refractivity contribution >= 4 is 16.0 Å². The fourth-order valence-electron chi connectivity index (χ4n) is 3.10. The quantitative estimate of drug-likeness (QED) is 0.814. The van der Waals surface area contributed by atoms with Crippen molar-refractivity contribution in [1.82, 2.24) is 19.8 Å². The predicted octanol–water partition coefficient (Wildman–Crippen LogP) is 1.61. The molecule has 1 aliphatic rings. The van der Waals surface area contributed by atoms with E-state index in [-0.39, 0.29) is 10.7 Å². The fraction of sp³-hybridized carbons (Fsp3) is 0.467. The summed E-state index contributed by atoms with van der Waals surface area (Å²) in [6.07, 6.45) is 4.83. The largest absolute Gasteiger partial charge is 0.476 e. The van der Waals surface area contributed by atoms with Gasteiger partial charge in [-0.3, -0.25) is 0 Å². The summed E-state index contributed by atoms with van der Waals surface area (Å²) in [5.74, 6) is -0.796. The Balaban J connectivity index is 2.04. The molecule has 0 amide bonds. The summed E-state index contributed by atoms with van der Waals surface area (Å²) in [5.41, 5.74) is -1.54. The van der Waals surface area contributed by atoms with Crippen molar-refractivity contribution in [3.63, 3.8) is 0 Å². The van der Waals surface area contributed by atoms with Gasteiger partial charge >= 0.3 is 5.97 Å². The Kier molecular flexibility index (Phi) is 4.56. The molecule has 0 unspecified atom stereocenters. The average Bonchev–Trinajstić information content (AvgIpc) is 3.02. The lowest BCUT2D eigenvalue weighted by atomic mass is 9.82. The lowest BCUT2D eigenvalue weighted by molar-refractivity contribution is 0.0685. The van der Waals surface area contributed by atoms with Crippen molar-refractivity contribution in [2.75, 3.05) is 0 Å². The number of carboxylic acids is 1. The van der Waals surface area contributed by atoms with E-state index < -0.39 is 27.2 Å². The number of sulfonamides is 1. The maximum absolute atomic E-state index is 12.9. The van der Waals surface area contributed by atoms with Crippen LogP contribution in [0.2, 0.25) is 0 Å². The van der Waals surface area contributed by atoms with E-state index in [4.69, 9.17) is 4.52 Å². The first-order valence-electron chi connectivity index (χ1n) is 7.87. The normalized spacial score (nSPS) is 17.3. The third kappa shape index (κ3) is 3.40. The number of pyridine rings is 1. The minimum absolute atomic E-state index is 0.272. The Morgan fingerprint density at radius 2 is 2.04 bits per heavy atom. The summed E-state index contributed by atoms with van der Waals surface area (Å²) < 4.78 is 33.5. The number of aryl methyl sites for hydroxylation is 1. The highest BCUT2D eigenvalue weighted by Gasteiger charge is 2.42. The molecule has 0 saturated heterocycles. The van der Waals surface area contributed by atoms with E-state index in [0.29, 0.717) is 18.7 Å². The standard InChI is InChI=1S/C15H18N4O5S/c1-10-17-14(18-24-10)15(7-3-2-4-8-15)19-25(22,23)11-6-5-9-16-12(11)13(20)21/h5-6,9,19H,2-4,7-8H2,1H3,(H,20,21). The Morgan fingerprint density at radius 3 is 2.64 bits per heavy atom. The van der Waals surface area contributed by atoms with E-state index in [1.165, 1.54) is 18.3 Å². The third-order valence-electron chi connectivity index (χ3n) is 4.26. The van der Waals surface area contributed by atoms with Crippen molar-refractivity contribution in [2.45, 2.75) is 49.5 Å². The van der Waals surface area contributed by atoms with Crippen LogP contribution in [0, 0.1) is 6.92 Å². The minimum Gasteiger partial charge on any atom is -0.476 e. The molecule has 0 bridgehead atoms. The summed E-state index contributed by atoms with van der Waals surface area (Å²) in [6, 6.07) is 2.60. The summed E-state index contributed by atoms with van der Waals surface area (Å²) >= 11 is 0. The van der Waals surface area contributed by atoms with Gasteiger partial charge in [0.05, 0.1) is 5.54 Å². The van der Waals surface area contributed by atoms with E-state index in [1.807, 2.05) is 0 Å². The van der Waals surface area contributed by atoms with Gasteiger partial charge in [-0.05, 0) is 25.0 Å². The first-order chi connectivity index (χ1) is 11.8. The zero-order chi connectivity index (χ0) is 18.1. The van der Waals surface area contributed by atoms with Gasteiger partial charge in [-0.2, -0.15) is 9.71 Å². The third-order valence-corrected chi connectivity index (χ3v) is 5.82. The van der Waals surface area contributed by atoms with Gasteiger partial charge in [0.1, 0.15) is 4.90 Å². The molecule has 9 nitrogen and oxygen atoms in total. The van der Waals surface area contributed by atoms with E-state index >= 15 is 0 Å². The summed E-state index contributed by atoms with van der Waals surface area (Å²) in [6.45, 7) is 1.63. The highest BCUT2D eigenvalue weighted by molar-refractivity contribution is 7.89. The highest BCUT2D eigenvalue weighted by atomic mass is 32.2. The monoisotopic (exact) mass is 366 g/mol. The maximum Gasteiger partial charge on any atom is 0.355 e. The van der Waals surface area contributed by atoms with Crippen LogP contribution in [0.3, 0.4) is 0 Å². The second-order valence-corrected chi connectivity index (χ2v) is 7.69. The van der Waals surface area contributed by atoms with Crippen molar-refractivity contribution < 1.29 is 22.8 Å². The van der Waals surface area contributed by atoms with Gasteiger partial charge in [0.2, 0.25) is 15.9 Å². The Hall–Kier alpha value is -2.33. The number of hydrogen-bond acceptors (Lipinski definition) is 7. The van der Waals surface area contributed by atoms with Crippen LogP contribution in [0.1, 0.15) is 54.3 Å². The van der Waals surface area contributed by atoms with Gasteiger partial charge in [0, 0.05) is 13.1 Å². The molecule has 0 aliphatic heterocycles. The minimum atomic E-state index is -4.15. The molecule has 134 valence electrons.